The molecule has 0 saturated carbocycles. The average Bonchev–Trinajstić information content (AvgIpc) is 2.00. The smallest absolute Gasteiger partial charge is 0.319 e. The molecule has 0 aromatic heterocycles. The van der Waals surface area contributed by atoms with Crippen LogP contribution in [0.5, 0.6) is 0 Å². The lowest BCUT2D eigenvalue weighted by Gasteiger charge is -2.29. The molecule has 0 rings (SSSR count). The minimum absolute atomic E-state index is 0.0778. The molecule has 0 aliphatic rings. The molecule has 0 aromatic carbocycles. The van der Waals surface area contributed by atoms with Gasteiger partial charge in [0.1, 0.15) is 0 Å². The summed E-state index contributed by atoms with van der Waals surface area (Å²) in [4.78, 5) is 1.46. The molecular weight excluding hydrogens is 205 g/mol. The molecule has 0 amide bonds. The number of nitrogens with zero attached hydrogens (tertiary/aromatic N) is 1. The van der Waals surface area contributed by atoms with Crippen LogP contribution in [0.3, 0.4) is 0 Å². The first kappa shape index (κ1) is 14.7. The molecule has 0 bridgehead atoms. The highest BCUT2D eigenvalue weighted by Gasteiger charge is 2.32. The van der Waals surface area contributed by atoms with Gasteiger partial charge in [0.2, 0.25) is 0 Å². The van der Waals surface area contributed by atoms with E-state index in [-0.39, 0.29) is 12.0 Å². The summed E-state index contributed by atoms with van der Waals surface area (Å²) in [5, 5.41) is 2.97. The second kappa shape index (κ2) is 6.33. The Labute approximate surface area is 89.8 Å². The zero-order chi connectivity index (χ0) is 12.1. The maximum absolute atomic E-state index is 12.2. The summed E-state index contributed by atoms with van der Waals surface area (Å²) in [7, 11) is 1.81. The lowest BCUT2D eigenvalue weighted by Crippen LogP contribution is -2.42. The number of rotatable bonds is 6. The van der Waals surface area contributed by atoms with E-state index in [0.717, 1.165) is 6.54 Å². The highest BCUT2D eigenvalue weighted by atomic mass is 19.4. The fourth-order valence-corrected chi connectivity index (χ4v) is 1.50. The molecular formula is C10H21F3N2. The molecule has 0 spiro atoms. The molecule has 0 aliphatic carbocycles. The van der Waals surface area contributed by atoms with Crippen LogP contribution in [0, 0.1) is 5.92 Å². The van der Waals surface area contributed by atoms with Gasteiger partial charge in [0.05, 0.1) is 6.54 Å². The molecule has 0 aromatic rings. The quantitative estimate of drug-likeness (QED) is 0.746. The standard InChI is InChI=1S/C10H21F3N2/c1-8(2)15(7-10(11,12)13)6-9(3)5-14-4/h8-9,14H,5-7H2,1-4H3. The van der Waals surface area contributed by atoms with Crippen molar-refractivity contribution in [2.75, 3.05) is 26.7 Å². The van der Waals surface area contributed by atoms with Crippen LogP contribution in [0.1, 0.15) is 20.8 Å². The highest BCUT2D eigenvalue weighted by Crippen LogP contribution is 2.18. The van der Waals surface area contributed by atoms with E-state index in [4.69, 9.17) is 0 Å². The third kappa shape index (κ3) is 7.62. The predicted molar refractivity (Wildman–Crippen MR) is 55.9 cm³/mol. The first-order chi connectivity index (χ1) is 6.76. The first-order valence-corrected chi connectivity index (χ1v) is 5.21. The lowest BCUT2D eigenvalue weighted by molar-refractivity contribution is -0.150. The van der Waals surface area contributed by atoms with Gasteiger partial charge < -0.3 is 5.32 Å². The summed E-state index contributed by atoms with van der Waals surface area (Å²) in [6.45, 7) is 5.91. The summed E-state index contributed by atoms with van der Waals surface area (Å²) in [6, 6.07) is -0.0778. The van der Waals surface area contributed by atoms with E-state index in [1.807, 2.05) is 6.92 Å². The average molecular weight is 226 g/mol. The largest absolute Gasteiger partial charge is 0.401 e. The number of alkyl halides is 3. The fourth-order valence-electron chi connectivity index (χ4n) is 1.50. The molecule has 92 valence electrons. The molecule has 0 heterocycles. The Balaban J connectivity index is 4.16. The first-order valence-electron chi connectivity index (χ1n) is 5.21. The van der Waals surface area contributed by atoms with E-state index in [1.54, 1.807) is 20.9 Å². The summed E-state index contributed by atoms with van der Waals surface area (Å²) in [5.74, 6) is 0.222. The van der Waals surface area contributed by atoms with Crippen LogP contribution < -0.4 is 5.32 Å². The van der Waals surface area contributed by atoms with E-state index >= 15 is 0 Å². The number of nitrogens with one attached hydrogen (secondary N) is 1. The molecule has 0 aliphatic heterocycles. The van der Waals surface area contributed by atoms with Gasteiger partial charge in [-0.3, -0.25) is 4.90 Å². The van der Waals surface area contributed by atoms with Crippen LogP contribution in [0.2, 0.25) is 0 Å². The van der Waals surface area contributed by atoms with Crippen LogP contribution in [0.15, 0.2) is 0 Å². The van der Waals surface area contributed by atoms with Crippen molar-refractivity contribution in [3.8, 4) is 0 Å². The number of halogens is 3. The van der Waals surface area contributed by atoms with Crippen molar-refractivity contribution in [3.63, 3.8) is 0 Å². The van der Waals surface area contributed by atoms with Gasteiger partial charge in [-0.1, -0.05) is 6.92 Å². The van der Waals surface area contributed by atoms with Crippen LogP contribution in [-0.4, -0.2) is 43.8 Å². The van der Waals surface area contributed by atoms with Crippen LogP contribution in [0.4, 0.5) is 13.2 Å². The third-order valence-electron chi connectivity index (χ3n) is 2.21. The van der Waals surface area contributed by atoms with Gasteiger partial charge in [-0.05, 0) is 33.4 Å². The van der Waals surface area contributed by atoms with E-state index < -0.39 is 12.7 Å². The molecule has 1 atom stereocenters. The van der Waals surface area contributed by atoms with Crippen LogP contribution >= 0.6 is 0 Å². The zero-order valence-electron chi connectivity index (χ0n) is 9.86. The molecule has 0 radical (unpaired) electrons. The van der Waals surface area contributed by atoms with E-state index in [0.29, 0.717) is 6.54 Å². The third-order valence-corrected chi connectivity index (χ3v) is 2.21. The van der Waals surface area contributed by atoms with Crippen molar-refractivity contribution in [1.82, 2.24) is 10.2 Å². The number of hydrogen-bond donors (Lipinski definition) is 1. The summed E-state index contributed by atoms with van der Waals surface area (Å²) in [6.07, 6.45) is -4.11. The maximum Gasteiger partial charge on any atom is 0.401 e. The highest BCUT2D eigenvalue weighted by molar-refractivity contribution is 4.70. The Hall–Kier alpha value is -0.290. The molecule has 0 fully saturated rings. The van der Waals surface area contributed by atoms with Crippen molar-refractivity contribution in [3.05, 3.63) is 0 Å². The molecule has 5 heteroatoms. The number of hydrogen-bond acceptors (Lipinski definition) is 2. The van der Waals surface area contributed by atoms with Gasteiger partial charge >= 0.3 is 6.18 Å². The van der Waals surface area contributed by atoms with Crippen molar-refractivity contribution >= 4 is 0 Å². The normalized spacial score (nSPS) is 15.0. The van der Waals surface area contributed by atoms with E-state index in [9.17, 15) is 13.2 Å². The Morgan fingerprint density at radius 1 is 1.20 bits per heavy atom. The zero-order valence-corrected chi connectivity index (χ0v) is 9.86. The van der Waals surface area contributed by atoms with Gasteiger partial charge in [0, 0.05) is 12.6 Å². The van der Waals surface area contributed by atoms with Crippen molar-refractivity contribution in [2.24, 2.45) is 5.92 Å². The van der Waals surface area contributed by atoms with Gasteiger partial charge in [-0.15, -0.1) is 0 Å². The maximum atomic E-state index is 12.2. The summed E-state index contributed by atoms with van der Waals surface area (Å²) < 4.78 is 36.7. The summed E-state index contributed by atoms with van der Waals surface area (Å²) in [5.41, 5.74) is 0. The SMILES string of the molecule is CNCC(C)CN(CC(F)(F)F)C(C)C. The van der Waals surface area contributed by atoms with Gasteiger partial charge in [0.25, 0.3) is 0 Å². The lowest BCUT2D eigenvalue weighted by atomic mass is 10.1. The van der Waals surface area contributed by atoms with Crippen LogP contribution in [0.25, 0.3) is 0 Å². The Bertz CT molecular complexity index is 169. The van der Waals surface area contributed by atoms with E-state index in [1.165, 1.54) is 4.90 Å². The predicted octanol–water partition coefficient (Wildman–Crippen LogP) is 2.11. The minimum atomic E-state index is -4.11. The van der Waals surface area contributed by atoms with Crippen molar-refractivity contribution in [1.29, 1.82) is 0 Å². The van der Waals surface area contributed by atoms with Gasteiger partial charge in [-0.2, -0.15) is 13.2 Å². The molecule has 15 heavy (non-hydrogen) atoms. The van der Waals surface area contributed by atoms with Gasteiger partial charge in [0.15, 0.2) is 0 Å². The topological polar surface area (TPSA) is 15.3 Å². The molecule has 2 nitrogen and oxygen atoms in total. The Kier molecular flexibility index (Phi) is 6.20. The van der Waals surface area contributed by atoms with Gasteiger partial charge in [-0.25, -0.2) is 0 Å². The minimum Gasteiger partial charge on any atom is -0.319 e. The van der Waals surface area contributed by atoms with Crippen molar-refractivity contribution < 1.29 is 13.2 Å². The second-order valence-corrected chi connectivity index (χ2v) is 4.30. The monoisotopic (exact) mass is 226 g/mol. The summed E-state index contributed by atoms with van der Waals surface area (Å²) >= 11 is 0. The van der Waals surface area contributed by atoms with Crippen molar-refractivity contribution in [2.45, 2.75) is 33.0 Å². The molecule has 1 N–H and O–H groups in total. The molecule has 1 unspecified atom stereocenters. The van der Waals surface area contributed by atoms with E-state index in [2.05, 4.69) is 5.32 Å². The Morgan fingerprint density at radius 2 is 1.73 bits per heavy atom. The fraction of sp³-hybridized carbons (Fsp3) is 1.00. The Morgan fingerprint density at radius 3 is 2.07 bits per heavy atom. The second-order valence-electron chi connectivity index (χ2n) is 4.30. The van der Waals surface area contributed by atoms with Crippen LogP contribution in [-0.2, 0) is 0 Å². The molecule has 0 saturated heterocycles.